The van der Waals surface area contributed by atoms with Gasteiger partial charge in [0.25, 0.3) is 0 Å². The topological polar surface area (TPSA) is 0 Å². The lowest BCUT2D eigenvalue weighted by atomic mass is 10.2. The van der Waals surface area contributed by atoms with Gasteiger partial charge in [-0.3, -0.25) is 0 Å². The molecule has 2 rings (SSSR count). The van der Waals surface area contributed by atoms with E-state index in [0.29, 0.717) is 0 Å². The third kappa shape index (κ3) is 2.01. The molecule has 0 amide bonds. The van der Waals surface area contributed by atoms with Gasteiger partial charge >= 0.3 is 0 Å². The summed E-state index contributed by atoms with van der Waals surface area (Å²) in [4.78, 5) is 0. The van der Waals surface area contributed by atoms with Gasteiger partial charge in [0.05, 0.1) is 0 Å². The van der Waals surface area contributed by atoms with Gasteiger partial charge in [-0.05, 0) is 18.4 Å². The van der Waals surface area contributed by atoms with Crippen LogP contribution in [0.5, 0.6) is 0 Å². The summed E-state index contributed by atoms with van der Waals surface area (Å²) in [6, 6.07) is 8.45. The van der Waals surface area contributed by atoms with Crippen LogP contribution in [0.15, 0.2) is 36.4 Å². The Kier molecular flexibility index (Phi) is 3.29. The maximum atomic E-state index is 4.25. The molecule has 2 aromatic rings. The molecule has 0 aliphatic heterocycles. The quantitative estimate of drug-likeness (QED) is 0.718. The van der Waals surface area contributed by atoms with Crippen molar-refractivity contribution in [2.24, 2.45) is 0 Å². The highest BCUT2D eigenvalue weighted by Gasteiger charge is 1.97. The van der Waals surface area contributed by atoms with E-state index in [2.05, 4.69) is 49.0 Å². The van der Waals surface area contributed by atoms with E-state index in [9.17, 15) is 0 Å². The molecule has 0 saturated carbocycles. The largest absolute Gasteiger partial charge is 0.150 e. The first-order valence-electron chi connectivity index (χ1n) is 4.82. The van der Waals surface area contributed by atoms with E-state index < -0.39 is 0 Å². The van der Waals surface area contributed by atoms with Crippen LogP contribution in [-0.2, 0) is 0 Å². The Bertz CT molecular complexity index is 603. The summed E-state index contributed by atoms with van der Waals surface area (Å²) in [5.74, 6) is 0. The fraction of sp³-hybridized carbons (Fsp3) is 0.0769. The number of allylic oxidation sites excluding steroid dienone is 2. The minimum Gasteiger partial charge on any atom is -0.150 e. The molecule has 0 nitrogen and oxygen atoms in total. The molecule has 0 fully saturated rings. The molecule has 0 saturated heterocycles. The van der Waals surface area contributed by atoms with Gasteiger partial charge in [-0.25, -0.2) is 0 Å². The number of hydrogen-bond donors (Lipinski definition) is 1. The minimum absolute atomic E-state index is 1.22. The summed E-state index contributed by atoms with van der Waals surface area (Å²) < 4.78 is 2.53. The molecule has 1 aromatic carbocycles. The van der Waals surface area contributed by atoms with Crippen LogP contribution in [0.1, 0.15) is 6.92 Å². The number of benzene rings is 1. The van der Waals surface area contributed by atoms with Gasteiger partial charge in [-0.1, -0.05) is 36.4 Å². The second-order valence-corrected chi connectivity index (χ2v) is 4.54. The van der Waals surface area contributed by atoms with E-state index in [1.807, 2.05) is 18.4 Å². The monoisotopic (exact) mass is 232 g/mol. The predicted octanol–water partition coefficient (Wildman–Crippen LogP) is 2.93. The zero-order valence-corrected chi connectivity index (χ0v) is 10.2. The molecule has 76 valence electrons. The summed E-state index contributed by atoms with van der Waals surface area (Å²) >= 11 is 6.03. The Morgan fingerprint density at radius 3 is 2.80 bits per heavy atom. The highest BCUT2D eigenvalue weighted by Crippen LogP contribution is 2.12. The Morgan fingerprint density at radius 1 is 1.27 bits per heavy atom. The van der Waals surface area contributed by atoms with E-state index in [4.69, 9.17) is 0 Å². The summed E-state index contributed by atoms with van der Waals surface area (Å²) in [5.41, 5.74) is 0. The molecule has 0 N–H and O–H groups in total. The number of hydrogen-bond acceptors (Lipinski definition) is 2. The lowest BCUT2D eigenvalue weighted by molar-refractivity contribution is 1.72. The highest BCUT2D eigenvalue weighted by atomic mass is 32.1. The van der Waals surface area contributed by atoms with Crippen molar-refractivity contribution in [2.75, 3.05) is 0 Å². The number of rotatable bonds is 1. The van der Waals surface area contributed by atoms with E-state index in [1.54, 1.807) is 11.3 Å². The zero-order chi connectivity index (χ0) is 10.7. The Labute approximate surface area is 98.7 Å². The van der Waals surface area contributed by atoms with Crippen molar-refractivity contribution in [2.45, 2.75) is 6.92 Å². The lowest BCUT2D eigenvalue weighted by Gasteiger charge is -1.85. The van der Waals surface area contributed by atoms with Crippen molar-refractivity contribution in [3.8, 4) is 0 Å². The molecule has 2 heteroatoms. The summed E-state index contributed by atoms with van der Waals surface area (Å²) in [6.45, 7) is 2.02. The molecule has 1 aromatic heterocycles. The van der Waals surface area contributed by atoms with Crippen molar-refractivity contribution in [3.63, 3.8) is 0 Å². The van der Waals surface area contributed by atoms with Crippen molar-refractivity contribution in [1.82, 2.24) is 0 Å². The fourth-order valence-corrected chi connectivity index (χ4v) is 2.85. The van der Waals surface area contributed by atoms with Crippen LogP contribution in [-0.4, -0.2) is 0 Å². The fourth-order valence-electron chi connectivity index (χ4n) is 1.54. The standard InChI is InChI=1S/C13H12S2/c1-2-3-6-11-10-7-4-5-8-12(10)15-13(11)9-14/h2-9,14H,1H3/b3-2+,11-6-,13-9+. The van der Waals surface area contributed by atoms with Gasteiger partial charge < -0.3 is 0 Å². The molecular formula is C13H12S2. The molecule has 0 bridgehead atoms. The van der Waals surface area contributed by atoms with E-state index in [0.717, 1.165) is 0 Å². The first kappa shape index (κ1) is 10.5. The van der Waals surface area contributed by atoms with Gasteiger partial charge in [0.2, 0.25) is 0 Å². The minimum atomic E-state index is 1.22. The third-order valence-corrected chi connectivity index (χ3v) is 3.80. The molecule has 0 aliphatic carbocycles. The van der Waals surface area contributed by atoms with Gasteiger partial charge in [-0.15, -0.1) is 24.0 Å². The molecule has 1 heterocycles. The van der Waals surface area contributed by atoms with Crippen LogP contribution in [0.25, 0.3) is 21.6 Å². The molecule has 0 spiro atoms. The van der Waals surface area contributed by atoms with Gasteiger partial charge in [-0.2, -0.15) is 0 Å². The van der Waals surface area contributed by atoms with Crippen molar-refractivity contribution < 1.29 is 0 Å². The molecule has 15 heavy (non-hydrogen) atoms. The average molecular weight is 232 g/mol. The van der Waals surface area contributed by atoms with Crippen molar-refractivity contribution >= 4 is 45.5 Å². The van der Waals surface area contributed by atoms with E-state index in [-0.39, 0.29) is 0 Å². The van der Waals surface area contributed by atoms with Gasteiger partial charge in [0, 0.05) is 19.8 Å². The van der Waals surface area contributed by atoms with Crippen molar-refractivity contribution in [3.05, 3.63) is 46.2 Å². The number of thiol groups is 1. The number of fused-ring (bicyclic) bond motifs is 1. The van der Waals surface area contributed by atoms with Crippen LogP contribution >= 0.6 is 24.0 Å². The zero-order valence-electron chi connectivity index (χ0n) is 8.47. The normalized spacial score (nSPS) is 14.5. The first-order valence-corrected chi connectivity index (χ1v) is 6.15. The summed E-state index contributed by atoms with van der Waals surface area (Å²) in [6.07, 6.45) is 6.24. The smallest absolute Gasteiger partial charge is 0.0415 e. The van der Waals surface area contributed by atoms with Crippen LogP contribution in [0.4, 0.5) is 0 Å². The Hall–Kier alpha value is -0.990. The van der Waals surface area contributed by atoms with Gasteiger partial charge in [0.1, 0.15) is 0 Å². The maximum Gasteiger partial charge on any atom is 0.0415 e. The van der Waals surface area contributed by atoms with Crippen LogP contribution in [0, 0.1) is 0 Å². The van der Waals surface area contributed by atoms with Crippen LogP contribution < -0.4 is 9.75 Å². The first-order chi connectivity index (χ1) is 7.36. The average Bonchev–Trinajstić information content (AvgIpc) is 2.64. The maximum absolute atomic E-state index is 4.25. The Balaban J connectivity index is 2.91. The molecule has 0 radical (unpaired) electrons. The molecule has 0 unspecified atom stereocenters. The van der Waals surface area contributed by atoms with Gasteiger partial charge in [0.15, 0.2) is 0 Å². The summed E-state index contributed by atoms with van der Waals surface area (Å²) in [5, 5.41) is 4.45. The highest BCUT2D eigenvalue weighted by molar-refractivity contribution is 7.88. The predicted molar refractivity (Wildman–Crippen MR) is 73.8 cm³/mol. The molecular weight excluding hydrogens is 220 g/mol. The van der Waals surface area contributed by atoms with Crippen LogP contribution in [0.3, 0.4) is 0 Å². The third-order valence-electron chi connectivity index (χ3n) is 2.24. The second kappa shape index (κ2) is 4.69. The molecule has 0 atom stereocenters. The molecule has 0 aliphatic rings. The lowest BCUT2D eigenvalue weighted by Crippen LogP contribution is -2.16. The Morgan fingerprint density at radius 2 is 2.07 bits per heavy atom. The van der Waals surface area contributed by atoms with Crippen molar-refractivity contribution in [1.29, 1.82) is 0 Å². The second-order valence-electron chi connectivity index (χ2n) is 3.20. The van der Waals surface area contributed by atoms with E-state index in [1.165, 1.54) is 19.8 Å². The SMILES string of the molecule is C/C=C/C=c1\c(=C/S)sc2ccccc12. The summed E-state index contributed by atoms with van der Waals surface area (Å²) in [7, 11) is 0. The van der Waals surface area contributed by atoms with Crippen LogP contribution in [0.2, 0.25) is 0 Å². The van der Waals surface area contributed by atoms with E-state index >= 15 is 0 Å². The number of thiophene rings is 1.